The van der Waals surface area contributed by atoms with E-state index >= 15 is 0 Å². The van der Waals surface area contributed by atoms with Gasteiger partial charge in [-0.15, -0.1) is 11.3 Å². The van der Waals surface area contributed by atoms with Crippen molar-refractivity contribution >= 4 is 50.4 Å². The average molecular weight is 349 g/mol. The van der Waals surface area contributed by atoms with Crippen molar-refractivity contribution in [1.82, 2.24) is 4.98 Å². The number of benzene rings is 1. The van der Waals surface area contributed by atoms with E-state index in [4.69, 9.17) is 33.9 Å². The molecule has 0 amide bonds. The molecule has 0 saturated heterocycles. The fourth-order valence-electron chi connectivity index (χ4n) is 3.09. The number of pyridine rings is 1. The van der Waals surface area contributed by atoms with Crippen molar-refractivity contribution < 1.29 is 0 Å². The molecule has 0 spiro atoms. The number of aromatic nitrogens is 1. The molecule has 5 heteroatoms. The number of nitrogens with two attached hydrogens (primary N) is 1. The number of nitrogen functional groups attached to an aromatic ring is 1. The molecule has 0 fully saturated rings. The Balaban J connectivity index is 1.91. The summed E-state index contributed by atoms with van der Waals surface area (Å²) in [5.41, 5.74) is 10.4. The number of rotatable bonds is 1. The molecule has 4 rings (SSSR count). The van der Waals surface area contributed by atoms with Gasteiger partial charge >= 0.3 is 0 Å². The quantitative estimate of drug-likeness (QED) is 0.609. The molecule has 0 aliphatic heterocycles. The fourth-order valence-corrected chi connectivity index (χ4v) is 4.68. The van der Waals surface area contributed by atoms with Crippen LogP contribution in [0.2, 0.25) is 10.0 Å². The van der Waals surface area contributed by atoms with E-state index < -0.39 is 0 Å². The second-order valence-corrected chi connectivity index (χ2v) is 7.51. The maximum atomic E-state index is 6.34. The first-order valence-electron chi connectivity index (χ1n) is 7.29. The van der Waals surface area contributed by atoms with Gasteiger partial charge in [0.2, 0.25) is 0 Å². The molecule has 0 atom stereocenters. The zero-order valence-corrected chi connectivity index (χ0v) is 14.2. The molecule has 0 radical (unpaired) electrons. The lowest BCUT2D eigenvalue weighted by molar-refractivity contribution is 0.700. The first-order chi connectivity index (χ1) is 10.6. The summed E-state index contributed by atoms with van der Waals surface area (Å²) in [5.74, 6) is 0. The van der Waals surface area contributed by atoms with Gasteiger partial charge in [0, 0.05) is 21.5 Å². The van der Waals surface area contributed by atoms with E-state index in [1.807, 2.05) is 18.2 Å². The van der Waals surface area contributed by atoms with Gasteiger partial charge in [0.15, 0.2) is 0 Å². The van der Waals surface area contributed by atoms with Gasteiger partial charge in [0.05, 0.1) is 15.7 Å². The molecule has 0 bridgehead atoms. The van der Waals surface area contributed by atoms with E-state index in [0.717, 1.165) is 40.0 Å². The van der Waals surface area contributed by atoms with E-state index in [-0.39, 0.29) is 0 Å². The summed E-state index contributed by atoms with van der Waals surface area (Å²) in [6.45, 7) is 0. The smallest absolute Gasteiger partial charge is 0.126 e. The van der Waals surface area contributed by atoms with Gasteiger partial charge in [-0.25, -0.2) is 4.98 Å². The molecule has 1 aliphatic carbocycles. The Morgan fingerprint density at radius 2 is 1.86 bits per heavy atom. The third-order valence-electron chi connectivity index (χ3n) is 4.17. The number of aryl methyl sites for hydroxylation is 2. The Hall–Kier alpha value is -1.29. The van der Waals surface area contributed by atoms with Crippen LogP contribution >= 0.6 is 34.5 Å². The van der Waals surface area contributed by atoms with Crippen LogP contribution in [0.3, 0.4) is 0 Å². The lowest BCUT2D eigenvalue weighted by Gasteiger charge is -2.11. The van der Waals surface area contributed by atoms with Crippen LogP contribution in [0.15, 0.2) is 24.3 Å². The highest BCUT2D eigenvalue weighted by molar-refractivity contribution is 7.19. The number of nitrogens with zero attached hydrogens (tertiary/aromatic N) is 1. The summed E-state index contributed by atoms with van der Waals surface area (Å²) in [7, 11) is 0. The van der Waals surface area contributed by atoms with Crippen LogP contribution in [0.25, 0.3) is 21.5 Å². The third-order valence-corrected chi connectivity index (χ3v) is 6.10. The highest BCUT2D eigenvalue weighted by Crippen LogP contribution is 2.40. The van der Waals surface area contributed by atoms with Crippen molar-refractivity contribution in [2.75, 3.05) is 5.73 Å². The highest BCUT2D eigenvalue weighted by atomic mass is 35.5. The molecular formula is C17H14Cl2N2S. The summed E-state index contributed by atoms with van der Waals surface area (Å²) >= 11 is 13.9. The number of hydrogen-bond acceptors (Lipinski definition) is 3. The molecule has 1 aromatic carbocycles. The van der Waals surface area contributed by atoms with Gasteiger partial charge in [-0.2, -0.15) is 0 Å². The van der Waals surface area contributed by atoms with Crippen LogP contribution in [0.4, 0.5) is 5.69 Å². The zero-order valence-electron chi connectivity index (χ0n) is 11.8. The molecule has 0 unspecified atom stereocenters. The molecule has 22 heavy (non-hydrogen) atoms. The second kappa shape index (κ2) is 5.41. The highest BCUT2D eigenvalue weighted by Gasteiger charge is 2.19. The lowest BCUT2D eigenvalue weighted by Crippen LogP contribution is -1.99. The first-order valence-corrected chi connectivity index (χ1v) is 8.87. The van der Waals surface area contributed by atoms with Crippen LogP contribution in [0.5, 0.6) is 0 Å². The SMILES string of the molecule is Nc1cc(-c2ccc(Cl)c(Cl)c2)nc2sc3c(c12)CCCC3. The Labute approximate surface area is 142 Å². The van der Waals surface area contributed by atoms with Gasteiger partial charge in [-0.1, -0.05) is 29.3 Å². The zero-order chi connectivity index (χ0) is 15.3. The first kappa shape index (κ1) is 14.3. The standard InChI is InChI=1S/C17H14Cl2N2S/c18-11-6-5-9(7-12(11)19)14-8-13(20)16-10-3-1-2-4-15(10)22-17(16)21-14/h5-8H,1-4H2,(H2,20,21). The number of anilines is 1. The van der Waals surface area contributed by atoms with Crippen LogP contribution in [0.1, 0.15) is 23.3 Å². The summed E-state index contributed by atoms with van der Waals surface area (Å²) < 4.78 is 0. The predicted octanol–water partition coefficient (Wildman–Crippen LogP) is 5.73. The Bertz CT molecular complexity index is 886. The number of thiophene rings is 1. The van der Waals surface area contributed by atoms with E-state index in [9.17, 15) is 0 Å². The minimum atomic E-state index is 0.533. The van der Waals surface area contributed by atoms with Crippen LogP contribution in [0, 0.1) is 0 Å². The van der Waals surface area contributed by atoms with E-state index in [2.05, 4.69) is 0 Å². The molecular weight excluding hydrogens is 335 g/mol. The molecule has 1 aliphatic rings. The molecule has 2 aromatic heterocycles. The Kier molecular flexibility index (Phi) is 3.52. The maximum absolute atomic E-state index is 6.34. The predicted molar refractivity (Wildman–Crippen MR) is 96.1 cm³/mol. The van der Waals surface area contributed by atoms with Crippen molar-refractivity contribution in [1.29, 1.82) is 0 Å². The number of fused-ring (bicyclic) bond motifs is 3. The van der Waals surface area contributed by atoms with Gasteiger partial charge < -0.3 is 5.73 Å². The molecule has 3 aromatic rings. The molecule has 2 N–H and O–H groups in total. The van der Waals surface area contributed by atoms with Gasteiger partial charge in [-0.3, -0.25) is 0 Å². The van der Waals surface area contributed by atoms with E-state index in [1.165, 1.54) is 23.3 Å². The largest absolute Gasteiger partial charge is 0.398 e. The topological polar surface area (TPSA) is 38.9 Å². The van der Waals surface area contributed by atoms with Crippen molar-refractivity contribution in [3.8, 4) is 11.3 Å². The Morgan fingerprint density at radius 1 is 1.05 bits per heavy atom. The lowest BCUT2D eigenvalue weighted by atomic mass is 9.96. The number of halogens is 2. The van der Waals surface area contributed by atoms with Gasteiger partial charge in [0.25, 0.3) is 0 Å². The molecule has 2 heterocycles. The van der Waals surface area contributed by atoms with Crippen LogP contribution < -0.4 is 5.73 Å². The van der Waals surface area contributed by atoms with Crippen molar-refractivity contribution in [2.45, 2.75) is 25.7 Å². The summed E-state index contributed by atoms with van der Waals surface area (Å²) in [6, 6.07) is 7.50. The van der Waals surface area contributed by atoms with Crippen molar-refractivity contribution in [3.05, 3.63) is 44.8 Å². The second-order valence-electron chi connectivity index (χ2n) is 5.62. The van der Waals surface area contributed by atoms with Crippen molar-refractivity contribution in [2.24, 2.45) is 0 Å². The molecule has 112 valence electrons. The summed E-state index contributed by atoms with van der Waals surface area (Å²) in [5, 5.41) is 2.24. The van der Waals surface area contributed by atoms with Crippen molar-refractivity contribution in [3.63, 3.8) is 0 Å². The minimum absolute atomic E-state index is 0.533. The minimum Gasteiger partial charge on any atom is -0.398 e. The van der Waals surface area contributed by atoms with Crippen LogP contribution in [-0.4, -0.2) is 4.98 Å². The maximum Gasteiger partial charge on any atom is 0.126 e. The third kappa shape index (κ3) is 2.28. The van der Waals surface area contributed by atoms with Gasteiger partial charge in [0.1, 0.15) is 4.83 Å². The average Bonchev–Trinajstić information content (AvgIpc) is 2.88. The number of hydrogen-bond donors (Lipinski definition) is 1. The Morgan fingerprint density at radius 3 is 2.68 bits per heavy atom. The normalized spacial score (nSPS) is 14.3. The molecule has 2 nitrogen and oxygen atoms in total. The van der Waals surface area contributed by atoms with E-state index in [1.54, 1.807) is 17.4 Å². The summed E-state index contributed by atoms with van der Waals surface area (Å²) in [4.78, 5) is 7.30. The summed E-state index contributed by atoms with van der Waals surface area (Å²) in [6.07, 6.45) is 4.78. The van der Waals surface area contributed by atoms with Gasteiger partial charge in [-0.05, 0) is 49.4 Å². The van der Waals surface area contributed by atoms with E-state index in [0.29, 0.717) is 10.0 Å². The monoisotopic (exact) mass is 348 g/mol. The fraction of sp³-hybridized carbons (Fsp3) is 0.235. The van der Waals surface area contributed by atoms with Crippen LogP contribution in [-0.2, 0) is 12.8 Å². The molecule has 0 saturated carbocycles.